The highest BCUT2D eigenvalue weighted by Gasteiger charge is 2.11. The molecule has 1 unspecified atom stereocenters. The first-order valence-corrected chi connectivity index (χ1v) is 6.02. The van der Waals surface area contributed by atoms with E-state index in [1.54, 1.807) is 5.51 Å². The van der Waals surface area contributed by atoms with Crippen LogP contribution in [0.25, 0.3) is 0 Å². The summed E-state index contributed by atoms with van der Waals surface area (Å²) in [4.78, 5) is 11.4. The fourth-order valence-corrected chi connectivity index (χ4v) is 2.24. The molecule has 13 heavy (non-hydrogen) atoms. The maximum atomic E-state index is 11.4. The second-order valence-corrected chi connectivity index (χ2v) is 4.82. The van der Waals surface area contributed by atoms with Crippen LogP contribution in [0.1, 0.15) is 20.3 Å². The Hall–Kier alpha value is -0.420. The standard InChI is InChI=1S/C8H12N2OS2/c1-3-6(2)7(11)4-12-8-10-9-5-13-8/h5-6H,3-4H2,1-2H3. The van der Waals surface area contributed by atoms with Crippen LogP contribution in [0.4, 0.5) is 0 Å². The van der Waals surface area contributed by atoms with Crippen molar-refractivity contribution in [2.45, 2.75) is 24.6 Å². The summed E-state index contributed by atoms with van der Waals surface area (Å²) in [7, 11) is 0. The average Bonchev–Trinajstić information content (AvgIpc) is 2.65. The summed E-state index contributed by atoms with van der Waals surface area (Å²) in [6, 6.07) is 0. The van der Waals surface area contributed by atoms with E-state index >= 15 is 0 Å². The van der Waals surface area contributed by atoms with Gasteiger partial charge in [0.1, 0.15) is 11.3 Å². The summed E-state index contributed by atoms with van der Waals surface area (Å²) >= 11 is 2.95. The fraction of sp³-hybridized carbons (Fsp3) is 0.625. The van der Waals surface area contributed by atoms with E-state index in [0.717, 1.165) is 10.8 Å². The third-order valence-electron chi connectivity index (χ3n) is 1.84. The number of hydrogen-bond donors (Lipinski definition) is 0. The van der Waals surface area contributed by atoms with E-state index < -0.39 is 0 Å². The van der Waals surface area contributed by atoms with E-state index in [-0.39, 0.29) is 5.92 Å². The number of nitrogens with zero attached hydrogens (tertiary/aromatic N) is 2. The van der Waals surface area contributed by atoms with Crippen molar-refractivity contribution in [1.29, 1.82) is 0 Å². The molecule has 1 rings (SSSR count). The van der Waals surface area contributed by atoms with Crippen molar-refractivity contribution in [3.63, 3.8) is 0 Å². The van der Waals surface area contributed by atoms with Crippen molar-refractivity contribution in [3.05, 3.63) is 5.51 Å². The van der Waals surface area contributed by atoms with Gasteiger partial charge in [-0.1, -0.05) is 36.9 Å². The number of hydrogen-bond acceptors (Lipinski definition) is 5. The SMILES string of the molecule is CCC(C)C(=O)CSc1nncs1. The Labute approximate surface area is 86.0 Å². The third-order valence-corrected chi connectivity index (χ3v) is 3.72. The lowest BCUT2D eigenvalue weighted by molar-refractivity contribution is -0.119. The van der Waals surface area contributed by atoms with Crippen LogP contribution < -0.4 is 0 Å². The minimum absolute atomic E-state index is 0.167. The van der Waals surface area contributed by atoms with Crippen LogP contribution >= 0.6 is 23.1 Å². The summed E-state index contributed by atoms with van der Waals surface area (Å²) in [6.45, 7) is 3.99. The van der Waals surface area contributed by atoms with Crippen molar-refractivity contribution in [3.8, 4) is 0 Å². The van der Waals surface area contributed by atoms with Crippen LogP contribution in [-0.4, -0.2) is 21.7 Å². The van der Waals surface area contributed by atoms with E-state index in [4.69, 9.17) is 0 Å². The largest absolute Gasteiger partial charge is 0.298 e. The second kappa shape index (κ2) is 5.34. The van der Waals surface area contributed by atoms with Crippen LogP contribution in [-0.2, 0) is 4.79 Å². The van der Waals surface area contributed by atoms with Gasteiger partial charge in [0.2, 0.25) is 0 Å². The van der Waals surface area contributed by atoms with Crippen molar-refractivity contribution >= 4 is 28.9 Å². The van der Waals surface area contributed by atoms with Crippen molar-refractivity contribution in [2.75, 3.05) is 5.75 Å². The molecule has 5 heteroatoms. The fourth-order valence-electron chi connectivity index (χ4n) is 0.729. The highest BCUT2D eigenvalue weighted by Crippen LogP contribution is 2.20. The normalized spacial score (nSPS) is 12.8. The van der Waals surface area contributed by atoms with Gasteiger partial charge in [0.05, 0.1) is 5.75 Å². The van der Waals surface area contributed by atoms with E-state index in [2.05, 4.69) is 10.2 Å². The molecule has 0 N–H and O–H groups in total. The molecule has 72 valence electrons. The van der Waals surface area contributed by atoms with Crippen LogP contribution in [0, 0.1) is 5.92 Å². The smallest absolute Gasteiger partial charge is 0.174 e. The zero-order valence-corrected chi connectivity index (χ0v) is 9.32. The molecule has 1 atom stereocenters. The lowest BCUT2D eigenvalue weighted by Gasteiger charge is -2.04. The van der Waals surface area contributed by atoms with E-state index in [1.165, 1.54) is 23.1 Å². The first-order chi connectivity index (χ1) is 6.24. The summed E-state index contributed by atoms with van der Waals surface area (Å²) in [6.07, 6.45) is 0.912. The molecule has 0 aliphatic rings. The van der Waals surface area contributed by atoms with E-state index in [9.17, 15) is 4.79 Å². The van der Waals surface area contributed by atoms with Gasteiger partial charge in [-0.05, 0) is 6.42 Å². The quantitative estimate of drug-likeness (QED) is 0.708. The highest BCUT2D eigenvalue weighted by atomic mass is 32.2. The van der Waals surface area contributed by atoms with Gasteiger partial charge >= 0.3 is 0 Å². The molecule has 0 radical (unpaired) electrons. The lowest BCUT2D eigenvalue weighted by Crippen LogP contribution is -2.11. The molecule has 0 aliphatic carbocycles. The molecule has 0 spiro atoms. The minimum Gasteiger partial charge on any atom is -0.298 e. The average molecular weight is 216 g/mol. The minimum atomic E-state index is 0.167. The molecular formula is C8H12N2OS2. The summed E-state index contributed by atoms with van der Waals surface area (Å²) in [5.41, 5.74) is 1.68. The summed E-state index contributed by atoms with van der Waals surface area (Å²) < 4.78 is 0.872. The number of carbonyl (C=O) groups is 1. The molecule has 0 bridgehead atoms. The molecule has 0 fully saturated rings. The Balaban J connectivity index is 2.31. The molecule has 1 heterocycles. The second-order valence-electron chi connectivity index (χ2n) is 2.77. The van der Waals surface area contributed by atoms with Gasteiger partial charge in [-0.3, -0.25) is 4.79 Å². The Morgan fingerprint density at radius 3 is 3.08 bits per heavy atom. The predicted octanol–water partition coefficient (Wildman–Crippen LogP) is 2.25. The van der Waals surface area contributed by atoms with Gasteiger partial charge in [0.15, 0.2) is 4.34 Å². The zero-order chi connectivity index (χ0) is 9.68. The third kappa shape index (κ3) is 3.44. The van der Waals surface area contributed by atoms with Crippen molar-refractivity contribution in [1.82, 2.24) is 10.2 Å². The van der Waals surface area contributed by atoms with E-state index in [1.807, 2.05) is 13.8 Å². The number of aromatic nitrogens is 2. The Morgan fingerprint density at radius 2 is 2.54 bits per heavy atom. The first-order valence-electron chi connectivity index (χ1n) is 4.15. The lowest BCUT2D eigenvalue weighted by atomic mass is 10.1. The van der Waals surface area contributed by atoms with Crippen LogP contribution in [0.5, 0.6) is 0 Å². The molecule has 3 nitrogen and oxygen atoms in total. The number of carbonyl (C=O) groups excluding carboxylic acids is 1. The molecular weight excluding hydrogens is 204 g/mol. The molecule has 0 aromatic carbocycles. The van der Waals surface area contributed by atoms with Gasteiger partial charge in [0.25, 0.3) is 0 Å². The van der Waals surface area contributed by atoms with E-state index in [0.29, 0.717) is 11.5 Å². The molecule has 1 aromatic rings. The van der Waals surface area contributed by atoms with Crippen molar-refractivity contribution in [2.24, 2.45) is 5.92 Å². The van der Waals surface area contributed by atoms with Crippen LogP contribution in [0.3, 0.4) is 0 Å². The van der Waals surface area contributed by atoms with Crippen LogP contribution in [0.15, 0.2) is 9.85 Å². The molecule has 0 saturated carbocycles. The first kappa shape index (κ1) is 10.7. The number of rotatable bonds is 5. The number of Topliss-reactive ketones (excluding diaryl/α,β-unsaturated/α-hetero) is 1. The van der Waals surface area contributed by atoms with Gasteiger partial charge < -0.3 is 0 Å². The maximum absolute atomic E-state index is 11.4. The number of ketones is 1. The molecule has 1 aromatic heterocycles. The Bertz CT molecular complexity index is 261. The van der Waals surface area contributed by atoms with Gasteiger partial charge in [-0.15, -0.1) is 10.2 Å². The zero-order valence-electron chi connectivity index (χ0n) is 7.69. The summed E-state index contributed by atoms with van der Waals surface area (Å²) in [5.74, 6) is 0.979. The maximum Gasteiger partial charge on any atom is 0.174 e. The van der Waals surface area contributed by atoms with Gasteiger partial charge in [-0.25, -0.2) is 0 Å². The highest BCUT2D eigenvalue weighted by molar-refractivity contribution is 8.01. The predicted molar refractivity (Wildman–Crippen MR) is 55.1 cm³/mol. The van der Waals surface area contributed by atoms with Gasteiger partial charge in [-0.2, -0.15) is 0 Å². The topological polar surface area (TPSA) is 42.9 Å². The van der Waals surface area contributed by atoms with Crippen molar-refractivity contribution < 1.29 is 4.79 Å². The Kier molecular flexibility index (Phi) is 4.38. The number of thioether (sulfide) groups is 1. The monoisotopic (exact) mass is 216 g/mol. The molecule has 0 amide bonds. The van der Waals surface area contributed by atoms with Crippen LogP contribution in [0.2, 0.25) is 0 Å². The summed E-state index contributed by atoms with van der Waals surface area (Å²) in [5, 5.41) is 7.55. The van der Waals surface area contributed by atoms with Gasteiger partial charge in [0, 0.05) is 5.92 Å². The Morgan fingerprint density at radius 1 is 1.77 bits per heavy atom. The molecule has 0 saturated heterocycles. The molecule has 0 aliphatic heterocycles.